The number of nitro groups is 1. The van der Waals surface area contributed by atoms with E-state index in [4.69, 9.17) is 10.5 Å². The van der Waals surface area contributed by atoms with Gasteiger partial charge in [-0.2, -0.15) is 0 Å². The van der Waals surface area contributed by atoms with Gasteiger partial charge < -0.3 is 15.8 Å². The fraction of sp³-hybridized carbons (Fsp3) is 0.176. The third kappa shape index (κ3) is 4.31. The molecule has 0 heterocycles. The molecule has 0 unspecified atom stereocenters. The maximum absolute atomic E-state index is 11.9. The molecule has 0 fully saturated rings. The van der Waals surface area contributed by atoms with Gasteiger partial charge in [0.25, 0.3) is 11.6 Å². The maximum atomic E-state index is 11.9. The third-order valence-electron chi connectivity index (χ3n) is 3.68. The quantitative estimate of drug-likeness (QED) is 0.372. The first-order valence-electron chi connectivity index (χ1n) is 7.36. The minimum atomic E-state index is -0.848. The molecule has 0 aliphatic heterocycles. The summed E-state index contributed by atoms with van der Waals surface area (Å²) in [6.45, 7) is 3.27. The van der Waals surface area contributed by atoms with Gasteiger partial charge >= 0.3 is 5.97 Å². The van der Waals surface area contributed by atoms with E-state index in [9.17, 15) is 19.7 Å². The molecule has 130 valence electrons. The number of hydrogen-bond donors (Lipinski definition) is 2. The topological polar surface area (TPSA) is 125 Å². The van der Waals surface area contributed by atoms with Crippen LogP contribution >= 0.6 is 0 Å². The van der Waals surface area contributed by atoms with Crippen LogP contribution in [0, 0.1) is 24.0 Å². The van der Waals surface area contributed by atoms with Gasteiger partial charge in [0.15, 0.2) is 6.61 Å². The second-order valence-electron chi connectivity index (χ2n) is 5.40. The first kappa shape index (κ1) is 17.9. The van der Waals surface area contributed by atoms with Gasteiger partial charge in [0.1, 0.15) is 5.69 Å². The molecule has 0 atom stereocenters. The largest absolute Gasteiger partial charge is 0.452 e. The van der Waals surface area contributed by atoms with Gasteiger partial charge in [0.2, 0.25) is 0 Å². The lowest BCUT2D eigenvalue weighted by Gasteiger charge is -2.10. The van der Waals surface area contributed by atoms with Crippen LogP contribution in [0.2, 0.25) is 0 Å². The van der Waals surface area contributed by atoms with E-state index in [1.807, 2.05) is 19.9 Å². The van der Waals surface area contributed by atoms with Crippen LogP contribution in [0.5, 0.6) is 0 Å². The average Bonchev–Trinajstić information content (AvgIpc) is 2.57. The van der Waals surface area contributed by atoms with Gasteiger partial charge in [-0.15, -0.1) is 0 Å². The zero-order valence-corrected chi connectivity index (χ0v) is 13.7. The number of rotatable bonds is 5. The predicted octanol–water partition coefficient (Wildman–Crippen LogP) is 2.59. The standard InChI is InChI=1S/C17H17N3O5/c1-10-4-3-5-14(11(10)2)19-16(21)9-25-17(22)12-6-7-13(18)15(8-12)20(23)24/h3-8H,9,18H2,1-2H3,(H,19,21). The molecule has 0 aromatic heterocycles. The third-order valence-corrected chi connectivity index (χ3v) is 3.68. The Bertz CT molecular complexity index is 848. The zero-order chi connectivity index (χ0) is 18.6. The lowest BCUT2D eigenvalue weighted by molar-refractivity contribution is -0.383. The molecule has 25 heavy (non-hydrogen) atoms. The summed E-state index contributed by atoms with van der Waals surface area (Å²) in [6.07, 6.45) is 0. The second-order valence-corrected chi connectivity index (χ2v) is 5.40. The van der Waals surface area contributed by atoms with Crippen molar-refractivity contribution in [2.24, 2.45) is 0 Å². The van der Waals surface area contributed by atoms with Crippen molar-refractivity contribution in [2.75, 3.05) is 17.7 Å². The van der Waals surface area contributed by atoms with Crippen LogP contribution in [0.4, 0.5) is 17.1 Å². The highest BCUT2D eigenvalue weighted by molar-refractivity contribution is 5.96. The van der Waals surface area contributed by atoms with E-state index in [1.54, 1.807) is 12.1 Å². The van der Waals surface area contributed by atoms with Crippen LogP contribution in [0.3, 0.4) is 0 Å². The molecule has 3 N–H and O–H groups in total. The Labute approximate surface area is 143 Å². The van der Waals surface area contributed by atoms with Crippen molar-refractivity contribution in [1.82, 2.24) is 0 Å². The first-order chi connectivity index (χ1) is 11.8. The maximum Gasteiger partial charge on any atom is 0.338 e. The molecule has 2 rings (SSSR count). The van der Waals surface area contributed by atoms with Crippen LogP contribution in [0.15, 0.2) is 36.4 Å². The molecule has 2 aromatic carbocycles. The Balaban J connectivity index is 2.00. The number of nitrogen functional groups attached to an aromatic ring is 1. The molecule has 1 amide bonds. The van der Waals surface area contributed by atoms with Gasteiger partial charge in [0.05, 0.1) is 10.5 Å². The molecule has 2 aromatic rings. The number of hydrogen-bond acceptors (Lipinski definition) is 6. The van der Waals surface area contributed by atoms with Crippen molar-refractivity contribution in [3.63, 3.8) is 0 Å². The summed E-state index contributed by atoms with van der Waals surface area (Å²) >= 11 is 0. The number of nitro benzene ring substituents is 1. The normalized spacial score (nSPS) is 10.2. The van der Waals surface area contributed by atoms with Crippen LogP contribution < -0.4 is 11.1 Å². The van der Waals surface area contributed by atoms with E-state index >= 15 is 0 Å². The van der Waals surface area contributed by atoms with Crippen molar-refractivity contribution >= 4 is 28.9 Å². The van der Waals surface area contributed by atoms with Crippen LogP contribution in [0.25, 0.3) is 0 Å². The highest BCUT2D eigenvalue weighted by atomic mass is 16.6. The highest BCUT2D eigenvalue weighted by Crippen LogP contribution is 2.22. The van der Waals surface area contributed by atoms with E-state index in [0.29, 0.717) is 5.69 Å². The zero-order valence-electron chi connectivity index (χ0n) is 13.7. The van der Waals surface area contributed by atoms with Crippen LogP contribution in [-0.4, -0.2) is 23.4 Å². The van der Waals surface area contributed by atoms with Gasteiger partial charge in [-0.25, -0.2) is 4.79 Å². The molecule has 0 aliphatic carbocycles. The Hall–Kier alpha value is -3.42. The number of anilines is 2. The average molecular weight is 343 g/mol. The lowest BCUT2D eigenvalue weighted by atomic mass is 10.1. The van der Waals surface area contributed by atoms with Gasteiger partial charge in [-0.1, -0.05) is 12.1 Å². The van der Waals surface area contributed by atoms with Gasteiger partial charge in [0, 0.05) is 11.8 Å². The number of nitrogens with one attached hydrogen (secondary N) is 1. The van der Waals surface area contributed by atoms with Gasteiger partial charge in [-0.05, 0) is 43.2 Å². The van der Waals surface area contributed by atoms with E-state index in [0.717, 1.165) is 17.2 Å². The molecule has 0 spiro atoms. The molecule has 8 heteroatoms. The minimum absolute atomic E-state index is 0.0552. The summed E-state index contributed by atoms with van der Waals surface area (Å²) in [5.74, 6) is -1.36. The number of benzene rings is 2. The molecular weight excluding hydrogens is 326 g/mol. The van der Waals surface area contributed by atoms with Crippen LogP contribution in [-0.2, 0) is 9.53 Å². The molecule has 8 nitrogen and oxygen atoms in total. The summed E-state index contributed by atoms with van der Waals surface area (Å²) in [4.78, 5) is 34.0. The first-order valence-corrected chi connectivity index (χ1v) is 7.36. The molecular formula is C17H17N3O5. The molecule has 0 radical (unpaired) electrons. The number of ether oxygens (including phenoxy) is 1. The predicted molar refractivity (Wildman–Crippen MR) is 92.3 cm³/mol. The SMILES string of the molecule is Cc1cccc(NC(=O)COC(=O)c2ccc(N)c([N+](=O)[O-])c2)c1C. The Morgan fingerprint density at radius 2 is 1.96 bits per heavy atom. The van der Waals surface area contributed by atoms with Crippen molar-refractivity contribution in [1.29, 1.82) is 0 Å². The highest BCUT2D eigenvalue weighted by Gasteiger charge is 2.17. The van der Waals surface area contributed by atoms with Gasteiger partial charge in [-0.3, -0.25) is 14.9 Å². The molecule has 0 bridgehead atoms. The van der Waals surface area contributed by atoms with E-state index in [1.165, 1.54) is 12.1 Å². The lowest BCUT2D eigenvalue weighted by Crippen LogP contribution is -2.21. The Morgan fingerprint density at radius 1 is 1.24 bits per heavy atom. The van der Waals surface area contributed by atoms with E-state index < -0.39 is 29.1 Å². The summed E-state index contributed by atoms with van der Waals surface area (Å²) in [5.41, 5.74) is 7.52. The Kier molecular flexibility index (Phi) is 5.33. The number of carbonyl (C=O) groups excluding carboxylic acids is 2. The Morgan fingerprint density at radius 3 is 2.64 bits per heavy atom. The van der Waals surface area contributed by atoms with E-state index in [2.05, 4.69) is 5.32 Å². The molecule has 0 aliphatic rings. The monoisotopic (exact) mass is 343 g/mol. The minimum Gasteiger partial charge on any atom is -0.452 e. The fourth-order valence-electron chi connectivity index (χ4n) is 2.12. The summed E-state index contributed by atoms with van der Waals surface area (Å²) in [6, 6.07) is 9.01. The summed E-state index contributed by atoms with van der Waals surface area (Å²) < 4.78 is 4.89. The van der Waals surface area contributed by atoms with E-state index in [-0.39, 0.29) is 11.3 Å². The number of carbonyl (C=O) groups is 2. The molecule has 0 saturated heterocycles. The smallest absolute Gasteiger partial charge is 0.338 e. The summed E-state index contributed by atoms with van der Waals surface area (Å²) in [5, 5.41) is 13.5. The number of amides is 1. The number of nitrogens with zero attached hydrogens (tertiary/aromatic N) is 1. The number of esters is 1. The van der Waals surface area contributed by atoms with Crippen LogP contribution in [0.1, 0.15) is 21.5 Å². The van der Waals surface area contributed by atoms with Crippen molar-refractivity contribution < 1.29 is 19.2 Å². The number of aryl methyl sites for hydroxylation is 1. The van der Waals surface area contributed by atoms with Crippen molar-refractivity contribution in [3.8, 4) is 0 Å². The van der Waals surface area contributed by atoms with Crippen molar-refractivity contribution in [2.45, 2.75) is 13.8 Å². The molecule has 0 saturated carbocycles. The fourth-order valence-corrected chi connectivity index (χ4v) is 2.12. The summed E-state index contributed by atoms with van der Waals surface area (Å²) in [7, 11) is 0. The number of nitrogens with two attached hydrogens (primary N) is 1. The van der Waals surface area contributed by atoms with Crippen molar-refractivity contribution in [3.05, 3.63) is 63.2 Å². The second kappa shape index (κ2) is 7.43.